The van der Waals surface area contributed by atoms with Crippen LogP contribution in [0.1, 0.15) is 26.2 Å². The van der Waals surface area contributed by atoms with Gasteiger partial charge in [0.05, 0.1) is 25.4 Å². The van der Waals surface area contributed by atoms with Crippen molar-refractivity contribution in [3.63, 3.8) is 0 Å². The first-order valence-corrected chi connectivity index (χ1v) is 6.30. The molecule has 2 aliphatic rings. The van der Waals surface area contributed by atoms with Gasteiger partial charge < -0.3 is 19.9 Å². The predicted molar refractivity (Wildman–Crippen MR) is 61.4 cm³/mol. The minimum Gasteiger partial charge on any atom is -0.390 e. The second-order valence-corrected chi connectivity index (χ2v) is 5.20. The number of ether oxygens (including phenoxy) is 2. The molecular weight excluding hydrogens is 206 g/mol. The summed E-state index contributed by atoms with van der Waals surface area (Å²) in [5.41, 5.74) is -0.640. The van der Waals surface area contributed by atoms with Crippen molar-refractivity contribution in [3.05, 3.63) is 0 Å². The Bertz CT molecular complexity index is 208. The molecule has 0 saturated carbocycles. The maximum absolute atomic E-state index is 10.5. The molecule has 3 atom stereocenters. The minimum absolute atomic E-state index is 0.268. The molecule has 0 aromatic carbocycles. The number of rotatable bonds is 3. The highest BCUT2D eigenvalue weighted by molar-refractivity contribution is 4.88. The molecule has 4 heteroatoms. The lowest BCUT2D eigenvalue weighted by atomic mass is 9.80. The fourth-order valence-corrected chi connectivity index (χ4v) is 2.65. The Morgan fingerprint density at radius 2 is 2.12 bits per heavy atom. The zero-order valence-electron chi connectivity index (χ0n) is 10.1. The van der Waals surface area contributed by atoms with Crippen LogP contribution in [0, 0.1) is 5.92 Å². The topological polar surface area (TPSA) is 50.7 Å². The van der Waals surface area contributed by atoms with Crippen LogP contribution < -0.4 is 5.32 Å². The molecular formula is C12H23NO3. The second-order valence-electron chi connectivity index (χ2n) is 5.20. The van der Waals surface area contributed by atoms with Crippen molar-refractivity contribution in [2.45, 2.75) is 37.8 Å². The fourth-order valence-electron chi connectivity index (χ4n) is 2.65. The number of hydrogen-bond donors (Lipinski definition) is 2. The van der Waals surface area contributed by atoms with E-state index in [0.29, 0.717) is 13.2 Å². The van der Waals surface area contributed by atoms with Gasteiger partial charge in [0, 0.05) is 25.1 Å². The van der Waals surface area contributed by atoms with Crippen molar-refractivity contribution in [1.29, 1.82) is 0 Å². The van der Waals surface area contributed by atoms with Crippen LogP contribution in [0.4, 0.5) is 0 Å². The molecule has 0 aromatic heterocycles. The van der Waals surface area contributed by atoms with Gasteiger partial charge in [-0.1, -0.05) is 0 Å². The molecule has 2 N–H and O–H groups in total. The van der Waals surface area contributed by atoms with Crippen molar-refractivity contribution in [1.82, 2.24) is 5.32 Å². The third kappa shape index (κ3) is 3.17. The van der Waals surface area contributed by atoms with Crippen molar-refractivity contribution >= 4 is 0 Å². The SMILES string of the molecule is CC(O)(CC1COCCN1)C1CCCOC1. The highest BCUT2D eigenvalue weighted by Crippen LogP contribution is 2.29. The molecule has 2 heterocycles. The summed E-state index contributed by atoms with van der Waals surface area (Å²) in [6.07, 6.45) is 2.89. The van der Waals surface area contributed by atoms with Gasteiger partial charge in [-0.25, -0.2) is 0 Å². The first-order valence-electron chi connectivity index (χ1n) is 6.30. The fraction of sp³-hybridized carbons (Fsp3) is 1.00. The molecule has 2 fully saturated rings. The largest absolute Gasteiger partial charge is 0.390 e. The molecule has 2 rings (SSSR count). The van der Waals surface area contributed by atoms with E-state index in [9.17, 15) is 5.11 Å². The molecule has 0 amide bonds. The average Bonchev–Trinajstić information content (AvgIpc) is 2.31. The smallest absolute Gasteiger partial charge is 0.0685 e. The Hall–Kier alpha value is -0.160. The summed E-state index contributed by atoms with van der Waals surface area (Å²) in [6, 6.07) is 0.283. The van der Waals surface area contributed by atoms with Gasteiger partial charge in [0.1, 0.15) is 0 Å². The van der Waals surface area contributed by atoms with E-state index in [-0.39, 0.29) is 12.0 Å². The average molecular weight is 229 g/mol. The van der Waals surface area contributed by atoms with Crippen LogP contribution in [-0.2, 0) is 9.47 Å². The van der Waals surface area contributed by atoms with Gasteiger partial charge in [-0.3, -0.25) is 0 Å². The monoisotopic (exact) mass is 229 g/mol. The Morgan fingerprint density at radius 1 is 1.31 bits per heavy atom. The van der Waals surface area contributed by atoms with E-state index in [2.05, 4.69) is 5.32 Å². The van der Waals surface area contributed by atoms with Crippen molar-refractivity contribution in [3.8, 4) is 0 Å². The third-order valence-electron chi connectivity index (χ3n) is 3.70. The number of morpholine rings is 1. The summed E-state index contributed by atoms with van der Waals surface area (Å²) >= 11 is 0. The molecule has 4 nitrogen and oxygen atoms in total. The Balaban J connectivity index is 1.84. The van der Waals surface area contributed by atoms with Crippen LogP contribution in [0.2, 0.25) is 0 Å². The highest BCUT2D eigenvalue weighted by Gasteiger charge is 2.35. The number of hydrogen-bond acceptors (Lipinski definition) is 4. The Morgan fingerprint density at radius 3 is 2.75 bits per heavy atom. The lowest BCUT2D eigenvalue weighted by Crippen LogP contribution is -2.49. The van der Waals surface area contributed by atoms with E-state index in [1.165, 1.54) is 0 Å². The summed E-state index contributed by atoms with van der Waals surface area (Å²) in [7, 11) is 0. The third-order valence-corrected chi connectivity index (χ3v) is 3.70. The molecule has 0 radical (unpaired) electrons. The number of nitrogens with one attached hydrogen (secondary N) is 1. The van der Waals surface area contributed by atoms with Gasteiger partial charge in [0.15, 0.2) is 0 Å². The van der Waals surface area contributed by atoms with Gasteiger partial charge in [0.2, 0.25) is 0 Å². The first kappa shape index (κ1) is 12.3. The van der Waals surface area contributed by atoms with E-state index < -0.39 is 5.60 Å². The van der Waals surface area contributed by atoms with E-state index in [4.69, 9.17) is 9.47 Å². The summed E-state index contributed by atoms with van der Waals surface area (Å²) in [4.78, 5) is 0. The van der Waals surface area contributed by atoms with E-state index in [1.807, 2.05) is 6.92 Å². The molecule has 0 aromatic rings. The van der Waals surface area contributed by atoms with Crippen LogP contribution in [-0.4, -0.2) is 49.7 Å². The van der Waals surface area contributed by atoms with Crippen molar-refractivity contribution in [2.24, 2.45) is 5.92 Å². The summed E-state index contributed by atoms with van der Waals surface area (Å²) in [6.45, 7) is 5.86. The van der Waals surface area contributed by atoms with E-state index in [1.54, 1.807) is 0 Å². The molecule has 3 unspecified atom stereocenters. The predicted octanol–water partition coefficient (Wildman–Crippen LogP) is 0.542. The van der Waals surface area contributed by atoms with Crippen LogP contribution in [0.3, 0.4) is 0 Å². The standard InChI is InChI=1S/C12H23NO3/c1-12(14,10-3-2-5-15-8-10)7-11-9-16-6-4-13-11/h10-11,13-14H,2-9H2,1H3. The first-order chi connectivity index (χ1) is 7.68. The Labute approximate surface area is 97.3 Å². The normalized spacial score (nSPS) is 35.6. The van der Waals surface area contributed by atoms with Crippen LogP contribution in [0.25, 0.3) is 0 Å². The molecule has 0 bridgehead atoms. The number of aliphatic hydroxyl groups is 1. The van der Waals surface area contributed by atoms with E-state index >= 15 is 0 Å². The Kier molecular flexibility index (Phi) is 4.19. The molecule has 2 saturated heterocycles. The second kappa shape index (κ2) is 5.45. The minimum atomic E-state index is -0.640. The van der Waals surface area contributed by atoms with Gasteiger partial charge in [-0.2, -0.15) is 0 Å². The van der Waals surface area contributed by atoms with Gasteiger partial charge in [-0.05, 0) is 26.2 Å². The molecule has 16 heavy (non-hydrogen) atoms. The molecule has 0 aliphatic carbocycles. The van der Waals surface area contributed by atoms with Gasteiger partial charge >= 0.3 is 0 Å². The molecule has 94 valence electrons. The summed E-state index contributed by atoms with van der Waals surface area (Å²) < 4.78 is 10.9. The lowest BCUT2D eigenvalue weighted by molar-refractivity contribution is -0.0835. The van der Waals surface area contributed by atoms with Crippen molar-refractivity contribution in [2.75, 3.05) is 33.0 Å². The van der Waals surface area contributed by atoms with Crippen LogP contribution in [0.5, 0.6) is 0 Å². The summed E-state index contributed by atoms with van der Waals surface area (Å²) in [5.74, 6) is 0.268. The van der Waals surface area contributed by atoms with Gasteiger partial charge in [-0.15, -0.1) is 0 Å². The zero-order valence-corrected chi connectivity index (χ0v) is 10.1. The molecule has 2 aliphatic heterocycles. The van der Waals surface area contributed by atoms with Crippen LogP contribution >= 0.6 is 0 Å². The van der Waals surface area contributed by atoms with Crippen LogP contribution in [0.15, 0.2) is 0 Å². The summed E-state index contributed by atoms with van der Waals surface area (Å²) in [5, 5.41) is 13.9. The maximum atomic E-state index is 10.5. The molecule has 0 spiro atoms. The van der Waals surface area contributed by atoms with E-state index in [0.717, 1.165) is 39.0 Å². The van der Waals surface area contributed by atoms with Gasteiger partial charge in [0.25, 0.3) is 0 Å². The zero-order chi connectivity index (χ0) is 11.4. The lowest BCUT2D eigenvalue weighted by Gasteiger charge is -2.38. The maximum Gasteiger partial charge on any atom is 0.0685 e. The highest BCUT2D eigenvalue weighted by atomic mass is 16.5. The quantitative estimate of drug-likeness (QED) is 0.742. The van der Waals surface area contributed by atoms with Crippen molar-refractivity contribution < 1.29 is 14.6 Å².